The van der Waals surface area contributed by atoms with Gasteiger partial charge in [0.2, 0.25) is 0 Å². The van der Waals surface area contributed by atoms with Crippen LogP contribution in [0, 0.1) is 5.82 Å². The summed E-state index contributed by atoms with van der Waals surface area (Å²) in [5.41, 5.74) is 2.86. The summed E-state index contributed by atoms with van der Waals surface area (Å²) in [6.07, 6.45) is 0.749. The summed E-state index contributed by atoms with van der Waals surface area (Å²) < 4.78 is 13.8. The van der Waals surface area contributed by atoms with Crippen molar-refractivity contribution in [1.82, 2.24) is 0 Å². The summed E-state index contributed by atoms with van der Waals surface area (Å²) in [4.78, 5) is 0. The van der Waals surface area contributed by atoms with Crippen molar-refractivity contribution in [3.05, 3.63) is 69.4 Å². The van der Waals surface area contributed by atoms with Gasteiger partial charge in [0.1, 0.15) is 5.82 Å². The van der Waals surface area contributed by atoms with E-state index in [-0.39, 0.29) is 5.82 Å². The van der Waals surface area contributed by atoms with Crippen LogP contribution in [0.15, 0.2) is 46.9 Å². The van der Waals surface area contributed by atoms with E-state index in [1.165, 1.54) is 11.6 Å². The SMILES string of the molecule is CCc1ccc(C(O)Cc2cccc(F)c2Br)cc1. The molecule has 0 aliphatic heterocycles. The van der Waals surface area contributed by atoms with Crippen molar-refractivity contribution < 1.29 is 9.50 Å². The number of halogens is 2. The van der Waals surface area contributed by atoms with Crippen molar-refractivity contribution >= 4 is 15.9 Å². The van der Waals surface area contributed by atoms with Crippen LogP contribution in [0.5, 0.6) is 0 Å². The van der Waals surface area contributed by atoms with Gasteiger partial charge in [-0.3, -0.25) is 0 Å². The van der Waals surface area contributed by atoms with Crippen LogP contribution in [0.3, 0.4) is 0 Å². The highest BCUT2D eigenvalue weighted by atomic mass is 79.9. The predicted octanol–water partition coefficient (Wildman–Crippen LogP) is 4.43. The molecule has 0 fully saturated rings. The van der Waals surface area contributed by atoms with Crippen molar-refractivity contribution in [1.29, 1.82) is 0 Å². The third kappa shape index (κ3) is 3.43. The third-order valence-corrected chi connectivity index (χ3v) is 4.11. The first-order valence-corrected chi connectivity index (χ1v) is 7.11. The van der Waals surface area contributed by atoms with Gasteiger partial charge >= 0.3 is 0 Å². The van der Waals surface area contributed by atoms with Crippen LogP contribution in [0.25, 0.3) is 0 Å². The highest BCUT2D eigenvalue weighted by molar-refractivity contribution is 9.10. The number of benzene rings is 2. The lowest BCUT2D eigenvalue weighted by Gasteiger charge is -2.13. The lowest BCUT2D eigenvalue weighted by Crippen LogP contribution is -2.03. The second-order valence-electron chi connectivity index (χ2n) is 4.53. The number of aliphatic hydroxyl groups is 1. The summed E-state index contributed by atoms with van der Waals surface area (Å²) in [5.74, 6) is -0.300. The fourth-order valence-corrected chi connectivity index (χ4v) is 2.43. The van der Waals surface area contributed by atoms with Crippen LogP contribution in [0.2, 0.25) is 0 Å². The molecule has 0 aromatic heterocycles. The molecule has 100 valence electrons. The molecule has 2 aromatic carbocycles. The average molecular weight is 323 g/mol. The molecule has 0 amide bonds. The minimum absolute atomic E-state index is 0.300. The van der Waals surface area contributed by atoms with Gasteiger partial charge < -0.3 is 5.11 Å². The highest BCUT2D eigenvalue weighted by Crippen LogP contribution is 2.26. The molecular weight excluding hydrogens is 307 g/mol. The Morgan fingerprint density at radius 2 is 1.84 bits per heavy atom. The van der Waals surface area contributed by atoms with Crippen LogP contribution in [0.4, 0.5) is 4.39 Å². The maximum Gasteiger partial charge on any atom is 0.137 e. The summed E-state index contributed by atoms with van der Waals surface area (Å²) in [6, 6.07) is 12.8. The lowest BCUT2D eigenvalue weighted by atomic mass is 10.00. The van der Waals surface area contributed by atoms with Gasteiger partial charge in [0, 0.05) is 6.42 Å². The molecule has 0 aliphatic carbocycles. The van der Waals surface area contributed by atoms with Crippen LogP contribution >= 0.6 is 15.9 Å². The Hall–Kier alpha value is -1.19. The number of aliphatic hydroxyl groups excluding tert-OH is 1. The van der Waals surface area contributed by atoms with Gasteiger partial charge in [0.15, 0.2) is 0 Å². The van der Waals surface area contributed by atoms with Gasteiger partial charge in [-0.2, -0.15) is 0 Å². The topological polar surface area (TPSA) is 20.2 Å². The molecule has 0 bridgehead atoms. The van der Waals surface area contributed by atoms with E-state index in [0.717, 1.165) is 17.5 Å². The highest BCUT2D eigenvalue weighted by Gasteiger charge is 2.12. The average Bonchev–Trinajstić information content (AvgIpc) is 2.44. The van der Waals surface area contributed by atoms with Gasteiger partial charge in [0.05, 0.1) is 10.6 Å². The molecule has 1 nitrogen and oxygen atoms in total. The molecule has 1 unspecified atom stereocenters. The monoisotopic (exact) mass is 322 g/mol. The molecule has 0 saturated heterocycles. The molecule has 3 heteroatoms. The first kappa shape index (κ1) is 14.2. The van der Waals surface area contributed by atoms with Crippen molar-refractivity contribution in [2.45, 2.75) is 25.9 Å². The lowest BCUT2D eigenvalue weighted by molar-refractivity contribution is 0.178. The van der Waals surface area contributed by atoms with E-state index in [2.05, 4.69) is 22.9 Å². The molecule has 2 rings (SSSR count). The van der Waals surface area contributed by atoms with Crippen LogP contribution in [-0.4, -0.2) is 5.11 Å². The largest absolute Gasteiger partial charge is 0.388 e. The van der Waals surface area contributed by atoms with E-state index >= 15 is 0 Å². The van der Waals surface area contributed by atoms with Gasteiger partial charge in [0.25, 0.3) is 0 Å². The zero-order chi connectivity index (χ0) is 13.8. The molecule has 1 N–H and O–H groups in total. The Morgan fingerprint density at radius 1 is 1.16 bits per heavy atom. The molecule has 0 saturated carbocycles. The zero-order valence-electron chi connectivity index (χ0n) is 10.7. The van der Waals surface area contributed by atoms with E-state index in [1.807, 2.05) is 30.3 Å². The Labute approximate surface area is 121 Å². The number of aryl methyl sites for hydroxylation is 1. The minimum Gasteiger partial charge on any atom is -0.388 e. The minimum atomic E-state index is -0.621. The quantitative estimate of drug-likeness (QED) is 0.883. The normalized spacial score (nSPS) is 12.4. The fourth-order valence-electron chi connectivity index (χ4n) is 2.01. The van der Waals surface area contributed by atoms with Crippen molar-refractivity contribution in [3.8, 4) is 0 Å². The van der Waals surface area contributed by atoms with E-state index < -0.39 is 6.10 Å². The van der Waals surface area contributed by atoms with E-state index in [4.69, 9.17) is 0 Å². The molecule has 1 atom stereocenters. The van der Waals surface area contributed by atoms with Crippen LogP contribution in [0.1, 0.15) is 29.7 Å². The van der Waals surface area contributed by atoms with Gasteiger partial charge in [-0.1, -0.05) is 43.3 Å². The van der Waals surface area contributed by atoms with Crippen molar-refractivity contribution in [3.63, 3.8) is 0 Å². The van der Waals surface area contributed by atoms with Gasteiger partial charge in [-0.25, -0.2) is 4.39 Å². The maximum absolute atomic E-state index is 13.4. The molecule has 2 aromatic rings. The Balaban J connectivity index is 2.15. The number of hydrogen-bond acceptors (Lipinski definition) is 1. The molecule has 19 heavy (non-hydrogen) atoms. The summed E-state index contributed by atoms with van der Waals surface area (Å²) in [6.45, 7) is 2.09. The van der Waals surface area contributed by atoms with Crippen molar-refractivity contribution in [2.24, 2.45) is 0 Å². The maximum atomic E-state index is 13.4. The first-order valence-electron chi connectivity index (χ1n) is 6.31. The Morgan fingerprint density at radius 3 is 2.47 bits per heavy atom. The van der Waals surface area contributed by atoms with Gasteiger partial charge in [-0.15, -0.1) is 0 Å². The summed E-state index contributed by atoms with van der Waals surface area (Å²) >= 11 is 3.22. The first-order chi connectivity index (χ1) is 9.11. The molecule has 0 spiro atoms. The predicted molar refractivity (Wildman–Crippen MR) is 78.6 cm³/mol. The third-order valence-electron chi connectivity index (χ3n) is 3.22. The summed E-state index contributed by atoms with van der Waals surface area (Å²) in [5, 5.41) is 10.2. The van der Waals surface area contributed by atoms with Crippen LogP contribution < -0.4 is 0 Å². The fraction of sp³-hybridized carbons (Fsp3) is 0.250. The smallest absolute Gasteiger partial charge is 0.137 e. The second-order valence-corrected chi connectivity index (χ2v) is 5.32. The molecule has 0 heterocycles. The molecule has 0 radical (unpaired) electrons. The molecular formula is C16H16BrFO. The van der Waals surface area contributed by atoms with E-state index in [0.29, 0.717) is 10.9 Å². The number of hydrogen-bond donors (Lipinski definition) is 1. The standard InChI is InChI=1S/C16H16BrFO/c1-2-11-6-8-12(9-7-11)15(19)10-13-4-3-5-14(18)16(13)17/h3-9,15,19H,2,10H2,1H3. The zero-order valence-corrected chi connectivity index (χ0v) is 12.3. The van der Waals surface area contributed by atoms with Gasteiger partial charge in [-0.05, 0) is 45.1 Å². The van der Waals surface area contributed by atoms with E-state index in [9.17, 15) is 9.50 Å². The molecule has 0 aliphatic rings. The second kappa shape index (κ2) is 6.31. The Bertz CT molecular complexity index is 551. The Kier molecular flexibility index (Phi) is 4.72. The number of rotatable bonds is 4. The van der Waals surface area contributed by atoms with E-state index in [1.54, 1.807) is 6.07 Å². The summed E-state index contributed by atoms with van der Waals surface area (Å²) in [7, 11) is 0. The van der Waals surface area contributed by atoms with Crippen molar-refractivity contribution in [2.75, 3.05) is 0 Å². The van der Waals surface area contributed by atoms with Crippen LogP contribution in [-0.2, 0) is 12.8 Å².